The molecular formula is C17H18F3N5O. The van der Waals surface area contributed by atoms with Crippen LogP contribution in [0.25, 0.3) is 11.4 Å². The van der Waals surface area contributed by atoms with Crippen molar-refractivity contribution in [1.82, 2.24) is 20.3 Å². The number of aromatic nitrogens is 3. The van der Waals surface area contributed by atoms with E-state index in [1.165, 1.54) is 19.3 Å². The van der Waals surface area contributed by atoms with Crippen LogP contribution in [0, 0.1) is 0 Å². The lowest BCUT2D eigenvalue weighted by molar-refractivity contribution is -0.137. The molecule has 2 N–H and O–H groups in total. The van der Waals surface area contributed by atoms with Crippen molar-refractivity contribution in [1.29, 1.82) is 0 Å². The van der Waals surface area contributed by atoms with Gasteiger partial charge >= 0.3 is 6.18 Å². The fraction of sp³-hybridized carbons (Fsp3) is 0.412. The highest BCUT2D eigenvalue weighted by atomic mass is 19.4. The zero-order valence-corrected chi connectivity index (χ0v) is 14.0. The van der Waals surface area contributed by atoms with Crippen LogP contribution >= 0.6 is 0 Å². The number of nitrogens with zero attached hydrogens (tertiary/aromatic N) is 3. The van der Waals surface area contributed by atoms with E-state index in [1.54, 1.807) is 6.07 Å². The number of carbonyl (C=O) groups excluding carboxylic acids is 1. The Morgan fingerprint density at radius 1 is 1.23 bits per heavy atom. The van der Waals surface area contributed by atoms with Gasteiger partial charge in [0.15, 0.2) is 5.82 Å². The van der Waals surface area contributed by atoms with E-state index >= 15 is 0 Å². The predicted octanol–water partition coefficient (Wildman–Crippen LogP) is 3.03. The third-order valence-corrected chi connectivity index (χ3v) is 4.22. The van der Waals surface area contributed by atoms with Crippen LogP contribution in [0.5, 0.6) is 0 Å². The summed E-state index contributed by atoms with van der Waals surface area (Å²) >= 11 is 0. The van der Waals surface area contributed by atoms with E-state index in [2.05, 4.69) is 25.6 Å². The summed E-state index contributed by atoms with van der Waals surface area (Å²) < 4.78 is 38.6. The van der Waals surface area contributed by atoms with E-state index in [-0.39, 0.29) is 29.4 Å². The first-order chi connectivity index (χ1) is 12.3. The normalized spacial score (nSPS) is 20.0. The number of nitrogens with one attached hydrogen (secondary N) is 2. The summed E-state index contributed by atoms with van der Waals surface area (Å²) in [4.78, 5) is 23.3. The van der Waals surface area contributed by atoms with Crippen LogP contribution in [0.2, 0.25) is 0 Å². The maximum atomic E-state index is 12.9. The van der Waals surface area contributed by atoms with Gasteiger partial charge in [-0.15, -0.1) is 0 Å². The molecule has 0 aliphatic heterocycles. The third-order valence-electron chi connectivity index (χ3n) is 4.22. The number of hydrogen-bond acceptors (Lipinski definition) is 5. The Kier molecular flexibility index (Phi) is 5.06. The van der Waals surface area contributed by atoms with Gasteiger partial charge in [-0.3, -0.25) is 9.78 Å². The summed E-state index contributed by atoms with van der Waals surface area (Å²) in [5.41, 5.74) is -0.660. The van der Waals surface area contributed by atoms with Gasteiger partial charge < -0.3 is 10.6 Å². The molecule has 0 radical (unpaired) electrons. The van der Waals surface area contributed by atoms with Gasteiger partial charge in [0.2, 0.25) is 5.91 Å². The first kappa shape index (κ1) is 18.1. The van der Waals surface area contributed by atoms with Crippen molar-refractivity contribution in [3.05, 3.63) is 36.3 Å². The third kappa shape index (κ3) is 4.27. The molecule has 6 nitrogen and oxygen atoms in total. The second-order valence-corrected chi connectivity index (χ2v) is 6.21. The average Bonchev–Trinajstić information content (AvgIpc) is 3.00. The molecule has 9 heteroatoms. The number of hydrogen-bond donors (Lipinski definition) is 2. The molecule has 2 atom stereocenters. The largest absolute Gasteiger partial charge is 0.417 e. The summed E-state index contributed by atoms with van der Waals surface area (Å²) in [5.74, 6) is 0.555. The molecule has 26 heavy (non-hydrogen) atoms. The second kappa shape index (κ2) is 7.27. The highest BCUT2D eigenvalue weighted by molar-refractivity contribution is 5.73. The van der Waals surface area contributed by atoms with Crippen LogP contribution in [0.15, 0.2) is 30.7 Å². The summed E-state index contributed by atoms with van der Waals surface area (Å²) in [5, 5.41) is 6.15. The molecule has 1 aliphatic rings. The van der Waals surface area contributed by atoms with Gasteiger partial charge in [-0.2, -0.15) is 13.2 Å². The van der Waals surface area contributed by atoms with Gasteiger partial charge in [-0.25, -0.2) is 9.97 Å². The zero-order chi connectivity index (χ0) is 18.7. The number of rotatable bonds is 4. The number of amides is 1. The van der Waals surface area contributed by atoms with Gasteiger partial charge in [0.05, 0.1) is 5.56 Å². The Labute approximate surface area is 148 Å². The maximum Gasteiger partial charge on any atom is 0.417 e. The summed E-state index contributed by atoms with van der Waals surface area (Å²) in [6, 6.07) is 2.64. The Morgan fingerprint density at radius 3 is 2.73 bits per heavy atom. The molecule has 0 aromatic carbocycles. The highest BCUT2D eigenvalue weighted by Gasteiger charge is 2.31. The van der Waals surface area contributed by atoms with Crippen molar-refractivity contribution < 1.29 is 18.0 Å². The minimum atomic E-state index is -4.48. The van der Waals surface area contributed by atoms with Gasteiger partial charge in [0, 0.05) is 43.2 Å². The lowest BCUT2D eigenvalue weighted by Gasteiger charge is -2.22. The highest BCUT2D eigenvalue weighted by Crippen LogP contribution is 2.31. The SMILES string of the molecule is CC(=O)NC1CCCC1Nc1ccnc(-c2cncc(C(F)(F)F)c2)n1. The molecule has 0 bridgehead atoms. The van der Waals surface area contributed by atoms with Crippen molar-refractivity contribution >= 4 is 11.7 Å². The van der Waals surface area contributed by atoms with Gasteiger partial charge in [-0.1, -0.05) is 0 Å². The molecule has 1 saturated carbocycles. The maximum absolute atomic E-state index is 12.9. The summed E-state index contributed by atoms with van der Waals surface area (Å²) in [6.45, 7) is 1.47. The smallest absolute Gasteiger partial charge is 0.365 e. The summed E-state index contributed by atoms with van der Waals surface area (Å²) in [7, 11) is 0. The first-order valence-electron chi connectivity index (χ1n) is 8.22. The Hall–Kier alpha value is -2.71. The fourth-order valence-corrected chi connectivity index (χ4v) is 3.05. The number of anilines is 1. The average molecular weight is 365 g/mol. The molecular weight excluding hydrogens is 347 g/mol. The summed E-state index contributed by atoms with van der Waals surface area (Å²) in [6.07, 6.45) is 1.77. The molecule has 1 fully saturated rings. The lowest BCUT2D eigenvalue weighted by Crippen LogP contribution is -2.42. The van der Waals surface area contributed by atoms with Crippen LogP contribution < -0.4 is 10.6 Å². The molecule has 3 rings (SSSR count). The minimum absolute atomic E-state index is 0.00105. The Balaban J connectivity index is 1.80. The van der Waals surface area contributed by atoms with E-state index in [0.717, 1.165) is 31.5 Å². The monoisotopic (exact) mass is 365 g/mol. The van der Waals surface area contributed by atoms with Gasteiger partial charge in [0.1, 0.15) is 5.82 Å². The number of alkyl halides is 3. The van der Waals surface area contributed by atoms with Crippen LogP contribution in [0.1, 0.15) is 31.7 Å². The zero-order valence-electron chi connectivity index (χ0n) is 14.0. The Morgan fingerprint density at radius 2 is 2.00 bits per heavy atom. The van der Waals surface area contributed by atoms with E-state index < -0.39 is 11.7 Å². The molecule has 138 valence electrons. The van der Waals surface area contributed by atoms with Crippen molar-refractivity contribution in [2.24, 2.45) is 0 Å². The number of carbonyl (C=O) groups is 1. The van der Waals surface area contributed by atoms with Crippen molar-refractivity contribution in [2.75, 3.05) is 5.32 Å². The fourth-order valence-electron chi connectivity index (χ4n) is 3.05. The van der Waals surface area contributed by atoms with E-state index in [0.29, 0.717) is 5.82 Å². The molecule has 2 aromatic rings. The van der Waals surface area contributed by atoms with Crippen LogP contribution in [0.4, 0.5) is 19.0 Å². The van der Waals surface area contributed by atoms with E-state index in [4.69, 9.17) is 0 Å². The predicted molar refractivity (Wildman–Crippen MR) is 89.1 cm³/mol. The lowest BCUT2D eigenvalue weighted by atomic mass is 10.1. The van der Waals surface area contributed by atoms with E-state index in [1.807, 2.05) is 0 Å². The quantitative estimate of drug-likeness (QED) is 0.871. The first-order valence-corrected chi connectivity index (χ1v) is 8.22. The van der Waals surface area contributed by atoms with Gasteiger partial charge in [-0.05, 0) is 31.4 Å². The molecule has 0 saturated heterocycles. The number of pyridine rings is 1. The molecule has 1 amide bonds. The Bertz CT molecular complexity index is 796. The standard InChI is InChI=1S/C17H18F3N5O/c1-10(26)23-13-3-2-4-14(13)24-15-5-6-22-16(25-15)11-7-12(9-21-8-11)17(18,19)20/h5-9,13-14H,2-4H2,1H3,(H,23,26)(H,22,24,25). The van der Waals surface area contributed by atoms with Crippen molar-refractivity contribution in [3.63, 3.8) is 0 Å². The second-order valence-electron chi connectivity index (χ2n) is 6.21. The molecule has 2 heterocycles. The van der Waals surface area contributed by atoms with Gasteiger partial charge in [0.25, 0.3) is 0 Å². The molecule has 2 unspecified atom stereocenters. The van der Waals surface area contributed by atoms with Crippen LogP contribution in [-0.2, 0) is 11.0 Å². The van der Waals surface area contributed by atoms with Crippen LogP contribution in [-0.4, -0.2) is 32.9 Å². The topological polar surface area (TPSA) is 79.8 Å². The number of halogens is 3. The van der Waals surface area contributed by atoms with Crippen molar-refractivity contribution in [3.8, 4) is 11.4 Å². The van der Waals surface area contributed by atoms with E-state index in [9.17, 15) is 18.0 Å². The molecule has 0 spiro atoms. The van der Waals surface area contributed by atoms with Crippen molar-refractivity contribution in [2.45, 2.75) is 44.4 Å². The molecule has 2 aromatic heterocycles. The minimum Gasteiger partial charge on any atom is -0.365 e. The molecule has 1 aliphatic carbocycles. The van der Waals surface area contributed by atoms with Crippen LogP contribution in [0.3, 0.4) is 0 Å².